The normalized spacial score (nSPS) is 19.1. The van der Waals surface area contributed by atoms with E-state index in [1.165, 1.54) is 32.1 Å². The van der Waals surface area contributed by atoms with Gasteiger partial charge in [-0.05, 0) is 42.9 Å². The highest BCUT2D eigenvalue weighted by Gasteiger charge is 2.14. The van der Waals surface area contributed by atoms with Crippen LogP contribution in [0.15, 0.2) is 0 Å². The summed E-state index contributed by atoms with van der Waals surface area (Å²) in [7, 11) is 0. The number of hydrogen-bond donors (Lipinski definition) is 1. The van der Waals surface area contributed by atoms with Crippen LogP contribution in [0.4, 0.5) is 0 Å². The van der Waals surface area contributed by atoms with E-state index in [1.807, 2.05) is 0 Å². The van der Waals surface area contributed by atoms with Crippen molar-refractivity contribution >= 4 is 0 Å². The summed E-state index contributed by atoms with van der Waals surface area (Å²) in [5.74, 6) is 2.94. The van der Waals surface area contributed by atoms with Gasteiger partial charge in [-0.3, -0.25) is 0 Å². The molecule has 1 heteroatoms. The van der Waals surface area contributed by atoms with Gasteiger partial charge in [0.05, 0.1) is 0 Å². The Kier molecular flexibility index (Phi) is 9.02. The lowest BCUT2D eigenvalue weighted by atomic mass is 9.85. The molecule has 0 saturated heterocycles. The fraction of sp³-hybridized carbons (Fsp3) is 1.00. The molecule has 0 fully saturated rings. The fourth-order valence-electron chi connectivity index (χ4n) is 2.94. The first-order valence-corrected chi connectivity index (χ1v) is 7.10. The molecule has 0 aliphatic heterocycles. The monoisotopic (exact) mass is 228 g/mol. The van der Waals surface area contributed by atoms with Crippen molar-refractivity contribution in [2.24, 2.45) is 23.7 Å². The van der Waals surface area contributed by atoms with Crippen molar-refractivity contribution in [3.05, 3.63) is 0 Å². The molecule has 0 unspecified atom stereocenters. The van der Waals surface area contributed by atoms with Crippen LogP contribution >= 0.6 is 0 Å². The lowest BCUT2D eigenvalue weighted by Crippen LogP contribution is -2.12. The second-order valence-corrected chi connectivity index (χ2v) is 6.10. The highest BCUT2D eigenvalue weighted by atomic mass is 16.3. The van der Waals surface area contributed by atoms with Gasteiger partial charge in [0.15, 0.2) is 0 Å². The van der Waals surface area contributed by atoms with Gasteiger partial charge in [0.25, 0.3) is 0 Å². The van der Waals surface area contributed by atoms with E-state index in [2.05, 4.69) is 34.6 Å². The largest absolute Gasteiger partial charge is 0.396 e. The van der Waals surface area contributed by atoms with Crippen LogP contribution in [0.3, 0.4) is 0 Å². The lowest BCUT2D eigenvalue weighted by molar-refractivity contribution is 0.204. The molecule has 1 nitrogen and oxygen atoms in total. The molecular weight excluding hydrogens is 196 g/mol. The molecule has 0 heterocycles. The maximum atomic E-state index is 9.03. The Labute approximate surface area is 103 Å². The maximum Gasteiger partial charge on any atom is 0.0456 e. The van der Waals surface area contributed by atoms with Crippen LogP contribution in [0, 0.1) is 23.7 Å². The molecule has 0 saturated carbocycles. The minimum atomic E-state index is 0.338. The van der Waals surface area contributed by atoms with Crippen molar-refractivity contribution in [3.63, 3.8) is 0 Å². The van der Waals surface area contributed by atoms with Crippen molar-refractivity contribution in [2.45, 2.75) is 66.7 Å². The van der Waals surface area contributed by atoms with Crippen LogP contribution in [0.2, 0.25) is 0 Å². The second kappa shape index (κ2) is 9.04. The molecule has 4 atom stereocenters. The van der Waals surface area contributed by atoms with Crippen molar-refractivity contribution in [3.8, 4) is 0 Å². The van der Waals surface area contributed by atoms with E-state index in [4.69, 9.17) is 5.11 Å². The Hall–Kier alpha value is -0.0400. The second-order valence-electron chi connectivity index (χ2n) is 6.10. The minimum absolute atomic E-state index is 0.338. The molecule has 0 rings (SSSR count). The molecule has 1 N–H and O–H groups in total. The Bertz CT molecular complexity index is 156. The zero-order valence-corrected chi connectivity index (χ0v) is 12.0. The Morgan fingerprint density at radius 2 is 1.19 bits per heavy atom. The molecule has 0 aromatic rings. The summed E-state index contributed by atoms with van der Waals surface area (Å²) in [5, 5.41) is 9.03. The zero-order chi connectivity index (χ0) is 12.6. The molecule has 0 bridgehead atoms. The molecule has 0 spiro atoms. The van der Waals surface area contributed by atoms with Gasteiger partial charge in [0.2, 0.25) is 0 Å². The first-order chi connectivity index (χ1) is 7.49. The topological polar surface area (TPSA) is 20.2 Å². The van der Waals surface area contributed by atoms with E-state index in [1.54, 1.807) is 0 Å². The molecule has 16 heavy (non-hydrogen) atoms. The van der Waals surface area contributed by atoms with Gasteiger partial charge in [-0.1, -0.05) is 47.5 Å². The number of aliphatic hydroxyl groups excluding tert-OH is 1. The van der Waals surface area contributed by atoms with E-state index < -0.39 is 0 Å². The smallest absolute Gasteiger partial charge is 0.0456 e. The van der Waals surface area contributed by atoms with Gasteiger partial charge in [0, 0.05) is 6.61 Å². The van der Waals surface area contributed by atoms with Crippen molar-refractivity contribution < 1.29 is 5.11 Å². The van der Waals surface area contributed by atoms with Gasteiger partial charge in [-0.15, -0.1) is 0 Å². The van der Waals surface area contributed by atoms with Gasteiger partial charge in [-0.2, -0.15) is 0 Å². The molecular formula is C15H32O. The number of hydrogen-bond acceptors (Lipinski definition) is 1. The van der Waals surface area contributed by atoms with E-state index in [0.29, 0.717) is 12.5 Å². The summed E-state index contributed by atoms with van der Waals surface area (Å²) < 4.78 is 0. The molecule has 0 aromatic heterocycles. The third kappa shape index (κ3) is 8.15. The minimum Gasteiger partial charge on any atom is -0.396 e. The Balaban J connectivity index is 3.72. The molecule has 98 valence electrons. The van der Waals surface area contributed by atoms with Gasteiger partial charge < -0.3 is 5.11 Å². The van der Waals surface area contributed by atoms with E-state index in [9.17, 15) is 0 Å². The summed E-state index contributed by atoms with van der Waals surface area (Å²) in [6, 6.07) is 0. The van der Waals surface area contributed by atoms with Gasteiger partial charge in [-0.25, -0.2) is 0 Å². The predicted octanol–water partition coefficient (Wildman–Crippen LogP) is 4.49. The Morgan fingerprint density at radius 3 is 1.62 bits per heavy atom. The number of rotatable bonds is 9. The molecule has 0 aliphatic carbocycles. The van der Waals surface area contributed by atoms with Crippen LogP contribution < -0.4 is 0 Å². The van der Waals surface area contributed by atoms with E-state index in [-0.39, 0.29) is 0 Å². The standard InChI is InChI=1S/C15H32O/c1-6-7-12(2)8-13(3)9-14(4)10-15(5)11-16/h12-16H,6-11H2,1-5H3/t12-,13+,14-,15+/m1/s1. The predicted molar refractivity (Wildman–Crippen MR) is 72.5 cm³/mol. The highest BCUT2D eigenvalue weighted by molar-refractivity contribution is 4.65. The van der Waals surface area contributed by atoms with Crippen molar-refractivity contribution in [2.75, 3.05) is 6.61 Å². The summed E-state index contributed by atoms with van der Waals surface area (Å²) in [6.07, 6.45) is 6.53. The van der Waals surface area contributed by atoms with Crippen molar-refractivity contribution in [1.82, 2.24) is 0 Å². The summed E-state index contributed by atoms with van der Waals surface area (Å²) in [4.78, 5) is 0. The first-order valence-electron chi connectivity index (χ1n) is 7.10. The van der Waals surface area contributed by atoms with Gasteiger partial charge in [0.1, 0.15) is 0 Å². The molecule has 0 amide bonds. The molecule has 0 aromatic carbocycles. The van der Waals surface area contributed by atoms with Crippen LogP contribution in [-0.2, 0) is 0 Å². The quantitative estimate of drug-likeness (QED) is 0.616. The zero-order valence-electron chi connectivity index (χ0n) is 12.0. The SMILES string of the molecule is CCC[C@@H](C)C[C@H](C)C[C@@H](C)C[C@H](C)CO. The first kappa shape index (κ1) is 16.0. The van der Waals surface area contributed by atoms with Gasteiger partial charge >= 0.3 is 0 Å². The van der Waals surface area contributed by atoms with Crippen LogP contribution in [0.1, 0.15) is 66.7 Å². The van der Waals surface area contributed by atoms with Crippen LogP contribution in [-0.4, -0.2) is 11.7 Å². The van der Waals surface area contributed by atoms with Crippen LogP contribution in [0.25, 0.3) is 0 Å². The Morgan fingerprint density at radius 1 is 0.750 bits per heavy atom. The maximum absolute atomic E-state index is 9.03. The molecule has 0 radical (unpaired) electrons. The van der Waals surface area contributed by atoms with Crippen LogP contribution in [0.5, 0.6) is 0 Å². The highest BCUT2D eigenvalue weighted by Crippen LogP contribution is 2.25. The summed E-state index contributed by atoms with van der Waals surface area (Å²) in [5.41, 5.74) is 0. The van der Waals surface area contributed by atoms with E-state index >= 15 is 0 Å². The molecule has 0 aliphatic rings. The fourth-order valence-corrected chi connectivity index (χ4v) is 2.94. The lowest BCUT2D eigenvalue weighted by Gasteiger charge is -2.22. The average Bonchev–Trinajstić information content (AvgIpc) is 2.16. The summed E-state index contributed by atoms with van der Waals surface area (Å²) >= 11 is 0. The van der Waals surface area contributed by atoms with Crippen molar-refractivity contribution in [1.29, 1.82) is 0 Å². The summed E-state index contributed by atoms with van der Waals surface area (Å²) in [6.45, 7) is 11.8. The third-order valence-corrected chi connectivity index (χ3v) is 3.51. The average molecular weight is 228 g/mol. The third-order valence-electron chi connectivity index (χ3n) is 3.51. The van der Waals surface area contributed by atoms with E-state index in [0.717, 1.165) is 17.8 Å². The number of aliphatic hydroxyl groups is 1.